The summed E-state index contributed by atoms with van der Waals surface area (Å²) < 4.78 is 0. The van der Waals surface area contributed by atoms with Gasteiger partial charge in [-0.05, 0) is 90.9 Å². The number of carboxylic acids is 2. The van der Waals surface area contributed by atoms with Gasteiger partial charge in [0.25, 0.3) is 0 Å². The Morgan fingerprint density at radius 2 is 1.00 bits per heavy atom. The molecule has 36 heavy (non-hydrogen) atoms. The number of carbonyl (C=O) groups is 2. The third kappa shape index (κ3) is 8.54. The van der Waals surface area contributed by atoms with Crippen LogP contribution < -0.4 is 0 Å². The van der Waals surface area contributed by atoms with Crippen LogP contribution in [0.15, 0.2) is 12.2 Å². The quantitative estimate of drug-likeness (QED) is 0.217. The average molecular weight is 513 g/mol. The van der Waals surface area contributed by atoms with Gasteiger partial charge in [0.15, 0.2) is 0 Å². The molecule has 0 aromatic rings. The lowest BCUT2D eigenvalue weighted by atomic mass is 9.72. The minimum atomic E-state index is -0.843. The Kier molecular flexibility index (Phi) is 11.0. The second-order valence-corrected chi connectivity index (χ2v) is 12.6. The Morgan fingerprint density at radius 1 is 0.667 bits per heavy atom. The fourth-order valence-corrected chi connectivity index (χ4v) is 5.85. The summed E-state index contributed by atoms with van der Waals surface area (Å²) in [6, 6.07) is 0. The van der Waals surface area contributed by atoms with Crippen molar-refractivity contribution in [2.75, 3.05) is 0 Å². The molecule has 2 rings (SSSR count). The van der Waals surface area contributed by atoms with Gasteiger partial charge in [0.2, 0.25) is 0 Å². The van der Waals surface area contributed by atoms with Crippen molar-refractivity contribution in [3.8, 4) is 0 Å². The molecule has 0 heterocycles. The first kappa shape index (κ1) is 30.7. The highest BCUT2D eigenvalue weighted by Gasteiger charge is 2.38. The Balaban J connectivity index is 1.96. The molecule has 8 nitrogen and oxygen atoms in total. The maximum Gasteiger partial charge on any atom is 0.309 e. The molecule has 0 spiro atoms. The zero-order valence-electron chi connectivity index (χ0n) is 22.3. The lowest BCUT2D eigenvalue weighted by Gasteiger charge is -2.38. The van der Waals surface area contributed by atoms with Gasteiger partial charge in [0, 0.05) is 11.8 Å². The second-order valence-electron chi connectivity index (χ2n) is 12.6. The fourth-order valence-electron chi connectivity index (χ4n) is 5.85. The SMILES string of the molecule is CC(C)(CCCC1CC(O)CC(/C=C\C2CC(O)CC(CCCC(C)(C)C(=O)O)C2O)C1O)C(=O)O. The Morgan fingerprint density at radius 3 is 1.31 bits per heavy atom. The molecule has 0 radical (unpaired) electrons. The lowest BCUT2D eigenvalue weighted by Crippen LogP contribution is -2.40. The molecule has 8 heteroatoms. The van der Waals surface area contributed by atoms with Crippen molar-refractivity contribution in [3.05, 3.63) is 12.2 Å². The Hall–Kier alpha value is -1.48. The van der Waals surface area contributed by atoms with Crippen molar-refractivity contribution >= 4 is 11.9 Å². The molecule has 208 valence electrons. The van der Waals surface area contributed by atoms with Crippen molar-refractivity contribution in [2.24, 2.45) is 34.5 Å². The maximum absolute atomic E-state index is 11.3. The van der Waals surface area contributed by atoms with Gasteiger partial charge in [0.1, 0.15) is 0 Å². The van der Waals surface area contributed by atoms with E-state index in [1.54, 1.807) is 27.7 Å². The summed E-state index contributed by atoms with van der Waals surface area (Å²) in [5.41, 5.74) is -1.65. The van der Waals surface area contributed by atoms with Crippen LogP contribution in [0.5, 0.6) is 0 Å². The first-order valence-electron chi connectivity index (χ1n) is 13.5. The zero-order valence-corrected chi connectivity index (χ0v) is 22.3. The number of aliphatic hydroxyl groups excluding tert-OH is 4. The van der Waals surface area contributed by atoms with Crippen LogP contribution >= 0.6 is 0 Å². The zero-order chi connectivity index (χ0) is 27.3. The van der Waals surface area contributed by atoms with Crippen LogP contribution in [0.1, 0.15) is 91.9 Å². The van der Waals surface area contributed by atoms with E-state index in [-0.39, 0.29) is 23.7 Å². The molecule has 0 aromatic carbocycles. The van der Waals surface area contributed by atoms with Crippen LogP contribution in [0.3, 0.4) is 0 Å². The highest BCUT2D eigenvalue weighted by Crippen LogP contribution is 2.38. The molecular formula is C28H48O8. The molecule has 2 saturated carbocycles. The van der Waals surface area contributed by atoms with Crippen molar-refractivity contribution in [1.82, 2.24) is 0 Å². The summed E-state index contributed by atoms with van der Waals surface area (Å²) in [4.78, 5) is 22.7. The van der Waals surface area contributed by atoms with Gasteiger partial charge in [-0.25, -0.2) is 0 Å². The number of aliphatic carboxylic acids is 2. The molecule has 2 fully saturated rings. The molecule has 0 aromatic heterocycles. The molecule has 0 saturated heterocycles. The van der Waals surface area contributed by atoms with E-state index in [2.05, 4.69) is 0 Å². The smallest absolute Gasteiger partial charge is 0.309 e. The lowest BCUT2D eigenvalue weighted by molar-refractivity contribution is -0.148. The summed E-state index contributed by atoms with van der Waals surface area (Å²) in [7, 11) is 0. The van der Waals surface area contributed by atoms with E-state index in [4.69, 9.17) is 0 Å². The van der Waals surface area contributed by atoms with Gasteiger partial charge in [-0.2, -0.15) is 0 Å². The molecule has 0 amide bonds. The van der Waals surface area contributed by atoms with Crippen molar-refractivity contribution in [3.63, 3.8) is 0 Å². The molecule has 0 bridgehead atoms. The molecule has 8 unspecified atom stereocenters. The highest BCUT2D eigenvalue weighted by molar-refractivity contribution is 5.73. The maximum atomic E-state index is 11.3. The van der Waals surface area contributed by atoms with E-state index in [1.807, 2.05) is 12.2 Å². The summed E-state index contributed by atoms with van der Waals surface area (Å²) in [5.74, 6) is -2.48. The summed E-state index contributed by atoms with van der Waals surface area (Å²) in [6.07, 6.45) is 6.73. The van der Waals surface area contributed by atoms with Gasteiger partial charge in [-0.15, -0.1) is 0 Å². The topological polar surface area (TPSA) is 156 Å². The normalized spacial score (nSPS) is 34.1. The summed E-state index contributed by atoms with van der Waals surface area (Å²) in [5, 5.41) is 61.4. The fraction of sp³-hybridized carbons (Fsp3) is 0.857. The Labute approximate surface area is 215 Å². The molecule has 2 aliphatic carbocycles. The molecule has 0 aliphatic heterocycles. The third-order valence-electron chi connectivity index (χ3n) is 8.60. The van der Waals surface area contributed by atoms with Gasteiger partial charge >= 0.3 is 11.9 Å². The number of carboxylic acid groups (broad SMARTS) is 2. The van der Waals surface area contributed by atoms with Crippen molar-refractivity contribution in [2.45, 2.75) is 116 Å². The van der Waals surface area contributed by atoms with Gasteiger partial charge in [-0.3, -0.25) is 9.59 Å². The third-order valence-corrected chi connectivity index (χ3v) is 8.60. The largest absolute Gasteiger partial charge is 0.481 e. The van der Waals surface area contributed by atoms with E-state index < -0.39 is 47.2 Å². The van der Waals surface area contributed by atoms with E-state index in [0.717, 1.165) is 0 Å². The summed E-state index contributed by atoms with van der Waals surface area (Å²) >= 11 is 0. The predicted octanol–water partition coefficient (Wildman–Crippen LogP) is 3.60. The number of hydrogen-bond acceptors (Lipinski definition) is 6. The van der Waals surface area contributed by atoms with Gasteiger partial charge in [-0.1, -0.05) is 25.0 Å². The van der Waals surface area contributed by atoms with E-state index >= 15 is 0 Å². The molecule has 2 aliphatic rings. The monoisotopic (exact) mass is 512 g/mol. The van der Waals surface area contributed by atoms with Gasteiger partial charge < -0.3 is 30.6 Å². The molecular weight excluding hydrogens is 464 g/mol. The first-order chi connectivity index (χ1) is 16.6. The number of aliphatic hydroxyl groups is 4. The van der Waals surface area contributed by atoms with Crippen LogP contribution in [0.4, 0.5) is 0 Å². The minimum Gasteiger partial charge on any atom is -0.481 e. The molecule has 8 atom stereocenters. The average Bonchev–Trinajstić information content (AvgIpc) is 2.76. The van der Waals surface area contributed by atoms with E-state index in [9.17, 15) is 40.2 Å². The Bertz CT molecular complexity index is 699. The van der Waals surface area contributed by atoms with Crippen molar-refractivity contribution < 1.29 is 40.2 Å². The van der Waals surface area contributed by atoms with Crippen LogP contribution in [0, 0.1) is 34.5 Å². The highest BCUT2D eigenvalue weighted by atomic mass is 16.4. The van der Waals surface area contributed by atoms with Crippen molar-refractivity contribution in [1.29, 1.82) is 0 Å². The number of hydrogen-bond donors (Lipinski definition) is 6. The predicted molar refractivity (Wildman–Crippen MR) is 136 cm³/mol. The van der Waals surface area contributed by atoms with E-state index in [1.165, 1.54) is 0 Å². The second kappa shape index (κ2) is 12.9. The van der Waals surface area contributed by atoms with Crippen LogP contribution in [-0.2, 0) is 9.59 Å². The standard InChI is InChI=1S/C28H48O8/c1-27(2,25(33)34)11-5-7-17-13-21(29)15-19(23(17)31)9-10-20-16-22(30)14-18(24(20)32)8-6-12-28(3,4)26(35)36/h9-10,17-24,29-32H,5-8,11-16H2,1-4H3,(H,33,34)(H,35,36)/b10-9-. The van der Waals surface area contributed by atoms with E-state index in [0.29, 0.717) is 64.2 Å². The van der Waals surface area contributed by atoms with Crippen LogP contribution in [0.25, 0.3) is 0 Å². The first-order valence-corrected chi connectivity index (χ1v) is 13.5. The molecule has 6 N–H and O–H groups in total. The van der Waals surface area contributed by atoms with Crippen LogP contribution in [-0.4, -0.2) is 67.0 Å². The minimum absolute atomic E-state index is 0.125. The summed E-state index contributed by atoms with van der Waals surface area (Å²) in [6.45, 7) is 6.77. The van der Waals surface area contributed by atoms with Crippen LogP contribution in [0.2, 0.25) is 0 Å². The van der Waals surface area contributed by atoms with Gasteiger partial charge in [0.05, 0.1) is 35.2 Å². The number of rotatable bonds is 12.